The highest BCUT2D eigenvalue weighted by molar-refractivity contribution is 5.81. The van der Waals surface area contributed by atoms with Crippen LogP contribution in [0.15, 0.2) is 18.2 Å². The van der Waals surface area contributed by atoms with Crippen LogP contribution in [0, 0.1) is 22.0 Å². The van der Waals surface area contributed by atoms with E-state index in [-0.39, 0.29) is 24.3 Å². The highest BCUT2D eigenvalue weighted by Gasteiger charge is 2.08. The minimum absolute atomic E-state index is 0.0941. The molecule has 0 radical (unpaired) electrons. The average molecular weight is 261 g/mol. The summed E-state index contributed by atoms with van der Waals surface area (Å²) < 4.78 is 4.69. The molecule has 0 aliphatic carbocycles. The lowest BCUT2D eigenvalue weighted by atomic mass is 10.1. The minimum atomic E-state index is -0.594. The molecule has 0 aromatic heterocycles. The Bertz CT molecular complexity index is 568. The van der Waals surface area contributed by atoms with Gasteiger partial charge in [-0.1, -0.05) is 11.8 Å². The molecule has 0 saturated heterocycles. The number of benzene rings is 1. The van der Waals surface area contributed by atoms with Crippen LogP contribution in [0.2, 0.25) is 0 Å². The van der Waals surface area contributed by atoms with Gasteiger partial charge in [-0.2, -0.15) is 0 Å². The molecule has 98 valence electrons. The summed E-state index contributed by atoms with van der Waals surface area (Å²) in [4.78, 5) is 31.8. The molecule has 1 aromatic carbocycles. The second kappa shape index (κ2) is 6.91. The van der Waals surface area contributed by atoms with Crippen molar-refractivity contribution in [1.29, 1.82) is 0 Å². The Morgan fingerprint density at radius 2 is 2.26 bits per heavy atom. The fourth-order valence-electron chi connectivity index (χ4n) is 1.30. The number of non-ortho nitro benzene ring substituents is 1. The summed E-state index contributed by atoms with van der Waals surface area (Å²) >= 11 is 0. The van der Waals surface area contributed by atoms with Gasteiger partial charge in [-0.05, 0) is 13.0 Å². The molecule has 0 spiro atoms. The Morgan fingerprint density at radius 3 is 2.84 bits per heavy atom. The number of aldehydes is 1. The van der Waals surface area contributed by atoms with Crippen LogP contribution in [0.4, 0.5) is 5.69 Å². The predicted octanol–water partition coefficient (Wildman–Crippen LogP) is 1.71. The maximum Gasteiger partial charge on any atom is 0.317 e. The van der Waals surface area contributed by atoms with Gasteiger partial charge in [0.15, 0.2) is 6.29 Å². The average Bonchev–Trinajstić information content (AvgIpc) is 2.39. The SMILES string of the molecule is CCOC(=O)CC#Cc1ccc([N+](=O)[O-])cc1C=O. The first-order valence-electron chi connectivity index (χ1n) is 5.46. The standard InChI is InChI=1S/C13H11NO5/c1-2-19-13(16)5-3-4-10-6-7-12(14(17)18)8-11(10)9-15/h6-9H,2,5H2,1H3. The molecule has 0 atom stereocenters. The van der Waals surface area contributed by atoms with E-state index in [1.54, 1.807) is 6.92 Å². The number of carbonyl (C=O) groups is 2. The number of rotatable bonds is 4. The molecular formula is C13H11NO5. The summed E-state index contributed by atoms with van der Waals surface area (Å²) in [5.41, 5.74) is 0.272. The first-order chi connectivity index (χ1) is 9.08. The summed E-state index contributed by atoms with van der Waals surface area (Å²) in [5, 5.41) is 10.5. The van der Waals surface area contributed by atoms with Gasteiger partial charge in [0.25, 0.3) is 5.69 Å². The van der Waals surface area contributed by atoms with Gasteiger partial charge in [0.1, 0.15) is 6.42 Å². The van der Waals surface area contributed by atoms with Gasteiger partial charge in [0.2, 0.25) is 0 Å². The smallest absolute Gasteiger partial charge is 0.317 e. The number of hydrogen-bond donors (Lipinski definition) is 0. The molecule has 1 aromatic rings. The summed E-state index contributed by atoms with van der Waals surface area (Å²) in [6.45, 7) is 1.96. The summed E-state index contributed by atoms with van der Waals surface area (Å²) in [5.74, 6) is 4.72. The Labute approximate surface area is 109 Å². The monoisotopic (exact) mass is 261 g/mol. The zero-order valence-corrected chi connectivity index (χ0v) is 10.2. The first-order valence-corrected chi connectivity index (χ1v) is 5.46. The molecule has 0 aliphatic rings. The van der Waals surface area contributed by atoms with Crippen LogP contribution in [0.5, 0.6) is 0 Å². The minimum Gasteiger partial charge on any atom is -0.465 e. The second-order valence-corrected chi connectivity index (χ2v) is 3.43. The molecule has 0 amide bonds. The van der Waals surface area contributed by atoms with E-state index in [0.717, 1.165) is 6.07 Å². The van der Waals surface area contributed by atoms with E-state index in [4.69, 9.17) is 0 Å². The molecule has 0 heterocycles. The van der Waals surface area contributed by atoms with E-state index in [2.05, 4.69) is 16.6 Å². The molecule has 6 nitrogen and oxygen atoms in total. The number of carbonyl (C=O) groups excluding carboxylic acids is 2. The van der Waals surface area contributed by atoms with Gasteiger partial charge in [-0.3, -0.25) is 19.7 Å². The van der Waals surface area contributed by atoms with Crippen molar-refractivity contribution in [3.05, 3.63) is 39.4 Å². The molecule has 0 fully saturated rings. The Balaban J connectivity index is 2.90. The topological polar surface area (TPSA) is 86.5 Å². The molecule has 0 unspecified atom stereocenters. The van der Waals surface area contributed by atoms with Gasteiger partial charge >= 0.3 is 5.97 Å². The van der Waals surface area contributed by atoms with Crippen molar-refractivity contribution in [3.8, 4) is 11.8 Å². The molecule has 19 heavy (non-hydrogen) atoms. The fourth-order valence-corrected chi connectivity index (χ4v) is 1.30. The van der Waals surface area contributed by atoms with E-state index in [1.807, 2.05) is 0 Å². The second-order valence-electron chi connectivity index (χ2n) is 3.43. The van der Waals surface area contributed by atoms with Crippen molar-refractivity contribution < 1.29 is 19.2 Å². The number of nitro groups is 1. The van der Waals surface area contributed by atoms with E-state index >= 15 is 0 Å². The van der Waals surface area contributed by atoms with E-state index < -0.39 is 10.9 Å². The van der Waals surface area contributed by atoms with Crippen LogP contribution < -0.4 is 0 Å². The van der Waals surface area contributed by atoms with Crippen LogP contribution in [-0.4, -0.2) is 23.8 Å². The van der Waals surface area contributed by atoms with Crippen molar-refractivity contribution in [2.24, 2.45) is 0 Å². The summed E-state index contributed by atoms with van der Waals surface area (Å²) in [6.07, 6.45) is 0.393. The highest BCUT2D eigenvalue weighted by Crippen LogP contribution is 2.15. The third-order valence-electron chi connectivity index (χ3n) is 2.13. The molecule has 1 rings (SSSR count). The largest absolute Gasteiger partial charge is 0.465 e. The third-order valence-corrected chi connectivity index (χ3v) is 2.13. The Morgan fingerprint density at radius 1 is 1.53 bits per heavy atom. The molecule has 0 bridgehead atoms. The van der Waals surface area contributed by atoms with Crippen molar-refractivity contribution in [3.63, 3.8) is 0 Å². The van der Waals surface area contributed by atoms with Crippen molar-refractivity contribution in [1.82, 2.24) is 0 Å². The van der Waals surface area contributed by atoms with Crippen LogP contribution in [0.1, 0.15) is 29.3 Å². The number of ether oxygens (including phenoxy) is 1. The number of nitro benzene ring substituents is 1. The maximum atomic E-state index is 11.0. The van der Waals surface area contributed by atoms with Gasteiger partial charge in [0, 0.05) is 23.3 Å². The maximum absolute atomic E-state index is 11.0. The fraction of sp³-hybridized carbons (Fsp3) is 0.231. The van der Waals surface area contributed by atoms with Gasteiger partial charge in [-0.15, -0.1) is 0 Å². The van der Waals surface area contributed by atoms with Crippen LogP contribution in [0.3, 0.4) is 0 Å². The lowest BCUT2D eigenvalue weighted by molar-refractivity contribution is -0.384. The first kappa shape index (κ1) is 14.4. The molecule has 0 aliphatic heterocycles. The third kappa shape index (κ3) is 4.24. The highest BCUT2D eigenvalue weighted by atomic mass is 16.6. The molecule has 6 heteroatoms. The van der Waals surface area contributed by atoms with Crippen LogP contribution in [-0.2, 0) is 9.53 Å². The Hall–Kier alpha value is -2.68. The van der Waals surface area contributed by atoms with Gasteiger partial charge in [0.05, 0.1) is 11.5 Å². The number of hydrogen-bond acceptors (Lipinski definition) is 5. The van der Waals surface area contributed by atoms with Gasteiger partial charge in [-0.25, -0.2) is 0 Å². The summed E-state index contributed by atoms with van der Waals surface area (Å²) in [7, 11) is 0. The zero-order chi connectivity index (χ0) is 14.3. The van der Waals surface area contributed by atoms with Crippen molar-refractivity contribution >= 4 is 17.9 Å². The normalized spacial score (nSPS) is 9.11. The Kier molecular flexibility index (Phi) is 5.23. The van der Waals surface area contributed by atoms with Gasteiger partial charge < -0.3 is 4.74 Å². The van der Waals surface area contributed by atoms with E-state index in [1.165, 1.54) is 12.1 Å². The van der Waals surface area contributed by atoms with Crippen LogP contribution >= 0.6 is 0 Å². The lowest BCUT2D eigenvalue weighted by Crippen LogP contribution is -2.01. The van der Waals surface area contributed by atoms with Crippen LogP contribution in [0.25, 0.3) is 0 Å². The van der Waals surface area contributed by atoms with Crippen molar-refractivity contribution in [2.45, 2.75) is 13.3 Å². The quantitative estimate of drug-likeness (QED) is 0.271. The number of nitrogens with zero attached hydrogens (tertiary/aromatic N) is 1. The van der Waals surface area contributed by atoms with Crippen molar-refractivity contribution in [2.75, 3.05) is 6.61 Å². The predicted molar refractivity (Wildman–Crippen MR) is 66.6 cm³/mol. The summed E-state index contributed by atoms with van der Waals surface area (Å²) in [6, 6.07) is 3.77. The molecule has 0 N–H and O–H groups in total. The molecule has 0 saturated carbocycles. The van der Waals surface area contributed by atoms with E-state index in [0.29, 0.717) is 11.8 Å². The van der Waals surface area contributed by atoms with E-state index in [9.17, 15) is 19.7 Å². The zero-order valence-electron chi connectivity index (χ0n) is 10.2. The molecular weight excluding hydrogens is 250 g/mol. The lowest BCUT2D eigenvalue weighted by Gasteiger charge is -1.97. The number of esters is 1.